The van der Waals surface area contributed by atoms with Crippen LogP contribution in [-0.4, -0.2) is 19.3 Å². The van der Waals surface area contributed by atoms with E-state index in [0.717, 1.165) is 24.4 Å². The molecule has 122 valence electrons. The molecule has 6 heteroatoms. The molecular formula is C15H24F3NO2. The van der Waals surface area contributed by atoms with E-state index >= 15 is 0 Å². The quantitative estimate of drug-likeness (QED) is 0.695. The van der Waals surface area contributed by atoms with Crippen LogP contribution in [0.25, 0.3) is 0 Å². The average molecular weight is 307 g/mol. The summed E-state index contributed by atoms with van der Waals surface area (Å²) in [6.07, 6.45) is -4.94. The molecule has 1 aromatic heterocycles. The van der Waals surface area contributed by atoms with Gasteiger partial charge in [-0.2, -0.15) is 13.2 Å². The molecule has 0 atom stereocenters. The number of ether oxygens (including phenoxy) is 1. The second kappa shape index (κ2) is 8.44. The van der Waals surface area contributed by atoms with Crippen LogP contribution < -0.4 is 5.32 Å². The number of rotatable bonds is 9. The van der Waals surface area contributed by atoms with Crippen LogP contribution in [0.15, 0.2) is 10.5 Å². The Morgan fingerprint density at radius 2 is 2.05 bits per heavy atom. The Hall–Kier alpha value is -1.01. The van der Waals surface area contributed by atoms with Crippen molar-refractivity contribution in [2.75, 3.05) is 13.2 Å². The molecule has 0 amide bonds. The highest BCUT2D eigenvalue weighted by Gasteiger charge is 2.25. The van der Waals surface area contributed by atoms with E-state index in [9.17, 15) is 13.2 Å². The third kappa shape index (κ3) is 8.12. The molecule has 0 saturated heterocycles. The maximum Gasteiger partial charge on any atom is 0.389 e. The first kappa shape index (κ1) is 18.0. The minimum atomic E-state index is -4.11. The fourth-order valence-corrected chi connectivity index (χ4v) is 1.88. The first-order valence-corrected chi connectivity index (χ1v) is 7.21. The summed E-state index contributed by atoms with van der Waals surface area (Å²) in [4.78, 5) is 0. The van der Waals surface area contributed by atoms with Crippen LogP contribution in [-0.2, 0) is 17.9 Å². The molecule has 0 bridgehead atoms. The van der Waals surface area contributed by atoms with Gasteiger partial charge in [0.15, 0.2) is 0 Å². The molecule has 1 aromatic rings. The number of hydrogen-bond donors (Lipinski definition) is 1. The minimum absolute atomic E-state index is 0.0218. The lowest BCUT2D eigenvalue weighted by atomic mass is 10.2. The lowest BCUT2D eigenvalue weighted by Crippen LogP contribution is -2.18. The van der Waals surface area contributed by atoms with E-state index in [1.807, 2.05) is 13.0 Å². The van der Waals surface area contributed by atoms with Crippen molar-refractivity contribution in [3.63, 3.8) is 0 Å². The smallest absolute Gasteiger partial charge is 0.389 e. The summed E-state index contributed by atoms with van der Waals surface area (Å²) in [5.74, 6) is 2.05. The molecule has 0 aliphatic carbocycles. The molecule has 1 heterocycles. The van der Waals surface area contributed by atoms with Gasteiger partial charge in [-0.25, -0.2) is 0 Å². The van der Waals surface area contributed by atoms with Gasteiger partial charge in [-0.1, -0.05) is 13.8 Å². The number of furan rings is 1. The summed E-state index contributed by atoms with van der Waals surface area (Å²) in [6, 6.07) is 1.90. The van der Waals surface area contributed by atoms with Crippen LogP contribution in [0.1, 0.15) is 43.8 Å². The van der Waals surface area contributed by atoms with Gasteiger partial charge in [0, 0.05) is 25.1 Å². The molecule has 0 saturated carbocycles. The van der Waals surface area contributed by atoms with Gasteiger partial charge >= 0.3 is 6.18 Å². The Morgan fingerprint density at radius 3 is 2.67 bits per heavy atom. The van der Waals surface area contributed by atoms with Gasteiger partial charge in [-0.05, 0) is 31.9 Å². The van der Waals surface area contributed by atoms with Gasteiger partial charge in [-0.15, -0.1) is 0 Å². The molecule has 0 fully saturated rings. The van der Waals surface area contributed by atoms with E-state index in [4.69, 9.17) is 9.15 Å². The Balaban J connectivity index is 2.27. The molecule has 3 nitrogen and oxygen atoms in total. The zero-order chi connectivity index (χ0) is 15.9. The van der Waals surface area contributed by atoms with Crippen LogP contribution >= 0.6 is 0 Å². The molecule has 0 radical (unpaired) electrons. The van der Waals surface area contributed by atoms with Gasteiger partial charge in [0.1, 0.15) is 18.1 Å². The second-order valence-electron chi connectivity index (χ2n) is 5.59. The van der Waals surface area contributed by atoms with Gasteiger partial charge in [-0.3, -0.25) is 0 Å². The highest BCUT2D eigenvalue weighted by Crippen LogP contribution is 2.21. The first-order valence-electron chi connectivity index (χ1n) is 7.21. The van der Waals surface area contributed by atoms with Crippen molar-refractivity contribution in [3.8, 4) is 0 Å². The number of nitrogens with one attached hydrogen (secondary N) is 1. The van der Waals surface area contributed by atoms with Crippen molar-refractivity contribution in [2.24, 2.45) is 5.92 Å². The van der Waals surface area contributed by atoms with Crippen molar-refractivity contribution in [3.05, 3.63) is 23.2 Å². The largest absolute Gasteiger partial charge is 0.464 e. The highest BCUT2D eigenvalue weighted by molar-refractivity contribution is 5.20. The summed E-state index contributed by atoms with van der Waals surface area (Å²) in [6.45, 7) is 8.09. The number of hydrogen-bond acceptors (Lipinski definition) is 3. The van der Waals surface area contributed by atoms with E-state index in [2.05, 4.69) is 19.2 Å². The minimum Gasteiger partial charge on any atom is -0.464 e. The maximum atomic E-state index is 12.0. The normalized spacial score (nSPS) is 12.3. The summed E-state index contributed by atoms with van der Waals surface area (Å²) >= 11 is 0. The summed E-state index contributed by atoms with van der Waals surface area (Å²) in [7, 11) is 0. The molecule has 0 aliphatic rings. The average Bonchev–Trinajstić information content (AvgIpc) is 2.68. The SMILES string of the molecule is Cc1oc(COCCCC(F)(F)F)cc1CNCC(C)C. The number of alkyl halides is 3. The predicted molar refractivity (Wildman–Crippen MR) is 74.9 cm³/mol. The van der Waals surface area contributed by atoms with Crippen LogP contribution in [0.4, 0.5) is 13.2 Å². The standard InChI is InChI=1S/C15H24F3NO2/c1-11(2)8-19-9-13-7-14(21-12(13)3)10-20-6-4-5-15(16,17)18/h7,11,19H,4-6,8-10H2,1-3H3. The molecule has 0 unspecified atom stereocenters. The van der Waals surface area contributed by atoms with Crippen LogP contribution in [0, 0.1) is 12.8 Å². The molecule has 0 aromatic carbocycles. The lowest BCUT2D eigenvalue weighted by Gasteiger charge is -2.06. The Kier molecular flexibility index (Phi) is 7.25. The number of aryl methyl sites for hydroxylation is 1. The first-order chi connectivity index (χ1) is 9.78. The van der Waals surface area contributed by atoms with E-state index in [-0.39, 0.29) is 19.6 Å². The van der Waals surface area contributed by atoms with Gasteiger partial charge in [0.25, 0.3) is 0 Å². The third-order valence-electron chi connectivity index (χ3n) is 2.93. The van der Waals surface area contributed by atoms with Crippen molar-refractivity contribution in [1.29, 1.82) is 0 Å². The lowest BCUT2D eigenvalue weighted by molar-refractivity contribution is -0.138. The molecule has 1 rings (SSSR count). The molecule has 1 N–H and O–H groups in total. The molecule has 0 spiro atoms. The fourth-order valence-electron chi connectivity index (χ4n) is 1.88. The van der Waals surface area contributed by atoms with Crippen molar-refractivity contribution >= 4 is 0 Å². The second-order valence-corrected chi connectivity index (χ2v) is 5.59. The summed E-state index contributed by atoms with van der Waals surface area (Å²) in [5.41, 5.74) is 1.06. The van der Waals surface area contributed by atoms with E-state index < -0.39 is 12.6 Å². The van der Waals surface area contributed by atoms with Crippen LogP contribution in [0.5, 0.6) is 0 Å². The highest BCUT2D eigenvalue weighted by atomic mass is 19.4. The fraction of sp³-hybridized carbons (Fsp3) is 0.733. The van der Waals surface area contributed by atoms with Crippen molar-refractivity contribution in [1.82, 2.24) is 5.32 Å². The Bertz CT molecular complexity index is 414. The topological polar surface area (TPSA) is 34.4 Å². The Morgan fingerprint density at radius 1 is 1.33 bits per heavy atom. The van der Waals surface area contributed by atoms with Crippen molar-refractivity contribution in [2.45, 2.75) is 52.9 Å². The summed E-state index contributed by atoms with van der Waals surface area (Å²) in [5, 5.41) is 3.32. The summed E-state index contributed by atoms with van der Waals surface area (Å²) < 4.78 is 46.6. The zero-order valence-corrected chi connectivity index (χ0v) is 12.8. The zero-order valence-electron chi connectivity index (χ0n) is 12.8. The maximum absolute atomic E-state index is 12.0. The molecule has 21 heavy (non-hydrogen) atoms. The Labute approximate surface area is 123 Å². The van der Waals surface area contributed by atoms with Crippen LogP contribution in [0.2, 0.25) is 0 Å². The van der Waals surface area contributed by atoms with Crippen molar-refractivity contribution < 1.29 is 22.3 Å². The predicted octanol–water partition coefficient (Wildman–Crippen LogP) is 4.19. The van der Waals surface area contributed by atoms with Crippen LogP contribution in [0.3, 0.4) is 0 Å². The van der Waals surface area contributed by atoms with Gasteiger partial charge in [0.2, 0.25) is 0 Å². The van der Waals surface area contributed by atoms with E-state index in [1.165, 1.54) is 0 Å². The molecule has 0 aliphatic heterocycles. The van der Waals surface area contributed by atoms with Gasteiger partial charge < -0.3 is 14.5 Å². The van der Waals surface area contributed by atoms with E-state index in [1.54, 1.807) is 0 Å². The van der Waals surface area contributed by atoms with E-state index in [0.29, 0.717) is 11.7 Å². The van der Waals surface area contributed by atoms with Gasteiger partial charge in [0.05, 0.1) is 0 Å². The third-order valence-corrected chi connectivity index (χ3v) is 2.93. The number of halogens is 3. The molecular weight excluding hydrogens is 283 g/mol. The monoisotopic (exact) mass is 307 g/mol.